The number of halogens is 4. The lowest BCUT2D eigenvalue weighted by atomic mass is 10.1. The van der Waals surface area contributed by atoms with Gasteiger partial charge in [-0.2, -0.15) is 13.2 Å². The number of benzene rings is 2. The van der Waals surface area contributed by atoms with E-state index in [1.165, 1.54) is 17.9 Å². The van der Waals surface area contributed by atoms with Gasteiger partial charge in [0.15, 0.2) is 0 Å². The average molecular weight is 461 g/mol. The van der Waals surface area contributed by atoms with Crippen molar-refractivity contribution in [3.05, 3.63) is 63.5 Å². The van der Waals surface area contributed by atoms with Crippen molar-refractivity contribution in [1.82, 2.24) is 5.27 Å². The Morgan fingerprint density at radius 3 is 2.60 bits per heavy atom. The van der Waals surface area contributed by atoms with Gasteiger partial charge in [-0.05, 0) is 52.0 Å². The first-order chi connectivity index (χ1) is 14.2. The number of methoxy groups -OCH3 is 1. The first kappa shape index (κ1) is 21.8. The maximum absolute atomic E-state index is 13.2. The second kappa shape index (κ2) is 8.84. The van der Waals surface area contributed by atoms with E-state index < -0.39 is 29.0 Å². The van der Waals surface area contributed by atoms with E-state index >= 15 is 0 Å². The van der Waals surface area contributed by atoms with Crippen LogP contribution in [0.5, 0.6) is 5.75 Å². The van der Waals surface area contributed by atoms with Gasteiger partial charge in [0, 0.05) is 17.2 Å². The summed E-state index contributed by atoms with van der Waals surface area (Å²) >= 11 is 6.43. The molecular weight excluding hydrogens is 447 g/mol. The van der Waals surface area contributed by atoms with Gasteiger partial charge in [0.2, 0.25) is 11.6 Å². The summed E-state index contributed by atoms with van der Waals surface area (Å²) in [6, 6.07) is 9.65. The van der Waals surface area contributed by atoms with Crippen molar-refractivity contribution in [3.8, 4) is 11.4 Å². The van der Waals surface area contributed by atoms with E-state index in [0.29, 0.717) is 11.4 Å². The van der Waals surface area contributed by atoms with Crippen LogP contribution < -0.4 is 20.4 Å². The lowest BCUT2D eigenvalue weighted by Crippen LogP contribution is -2.36. The van der Waals surface area contributed by atoms with Gasteiger partial charge in [-0.25, -0.2) is 4.79 Å². The van der Waals surface area contributed by atoms with Crippen LogP contribution in [0, 0.1) is 0 Å². The number of aromatic amines is 1. The molecule has 0 saturated heterocycles. The van der Waals surface area contributed by atoms with Crippen molar-refractivity contribution in [3.63, 3.8) is 0 Å². The van der Waals surface area contributed by atoms with Crippen molar-refractivity contribution >= 4 is 35.0 Å². The largest absolute Gasteiger partial charge is 0.497 e. The maximum Gasteiger partial charge on any atom is 0.442 e. The number of hydrogen-bond acceptors (Lipinski definition) is 5. The third-order valence-corrected chi connectivity index (χ3v) is 5.10. The zero-order valence-electron chi connectivity index (χ0n) is 15.2. The minimum Gasteiger partial charge on any atom is -0.497 e. The van der Waals surface area contributed by atoms with Gasteiger partial charge in [-0.15, -0.1) is 0 Å². The highest BCUT2D eigenvalue weighted by Gasteiger charge is 2.34. The lowest BCUT2D eigenvalue weighted by molar-refractivity contribution is -0.704. The summed E-state index contributed by atoms with van der Waals surface area (Å²) < 4.78 is 50.6. The third kappa shape index (κ3) is 4.97. The Hall–Kier alpha value is -2.92. The number of H-pyrrole nitrogens is 1. The van der Waals surface area contributed by atoms with Gasteiger partial charge in [0.1, 0.15) is 5.75 Å². The second-order valence-electron chi connectivity index (χ2n) is 5.84. The Morgan fingerprint density at radius 2 is 1.97 bits per heavy atom. The molecular formula is C18H14ClF3N3O4S+. The SMILES string of the molecule is COc1ccc(-[n+]2[nH]oc(=O)c2SCC(=O)Nc2ccc(Cl)cc2C(F)(F)F)cc1. The molecule has 1 amide bonds. The molecule has 0 radical (unpaired) electrons. The molecule has 0 fully saturated rings. The first-order valence-corrected chi connectivity index (χ1v) is 9.62. The van der Waals surface area contributed by atoms with E-state index in [2.05, 4.69) is 10.6 Å². The van der Waals surface area contributed by atoms with Crippen molar-refractivity contribution in [2.75, 3.05) is 18.2 Å². The zero-order valence-corrected chi connectivity index (χ0v) is 16.8. The molecule has 1 heterocycles. The Balaban J connectivity index is 1.75. The molecule has 0 unspecified atom stereocenters. The van der Waals surface area contributed by atoms with E-state index in [1.54, 1.807) is 24.3 Å². The Labute approximate surface area is 176 Å². The monoisotopic (exact) mass is 460 g/mol. The molecule has 12 heteroatoms. The van der Waals surface area contributed by atoms with Gasteiger partial charge in [-0.1, -0.05) is 11.6 Å². The van der Waals surface area contributed by atoms with Crippen LogP contribution in [0.25, 0.3) is 5.69 Å². The maximum atomic E-state index is 13.2. The quantitative estimate of drug-likeness (QED) is 0.433. The highest BCUT2D eigenvalue weighted by molar-refractivity contribution is 7.99. The van der Waals surface area contributed by atoms with Crippen molar-refractivity contribution in [2.24, 2.45) is 0 Å². The van der Waals surface area contributed by atoms with Crippen LogP contribution in [0.1, 0.15) is 5.56 Å². The molecule has 3 rings (SSSR count). The normalized spacial score (nSPS) is 11.4. The summed E-state index contributed by atoms with van der Waals surface area (Å²) in [7, 11) is 1.51. The molecule has 30 heavy (non-hydrogen) atoms. The van der Waals surface area contributed by atoms with Crippen LogP contribution >= 0.6 is 23.4 Å². The third-order valence-electron chi connectivity index (χ3n) is 3.84. The van der Waals surface area contributed by atoms with Gasteiger partial charge in [0.25, 0.3) is 0 Å². The summed E-state index contributed by atoms with van der Waals surface area (Å²) in [6.45, 7) is 0. The summed E-state index contributed by atoms with van der Waals surface area (Å²) in [4.78, 5) is 24.2. The van der Waals surface area contributed by atoms with E-state index in [9.17, 15) is 22.8 Å². The fourth-order valence-electron chi connectivity index (χ4n) is 2.47. The van der Waals surface area contributed by atoms with Crippen LogP contribution in [0.4, 0.5) is 18.9 Å². The number of carbonyl (C=O) groups is 1. The van der Waals surface area contributed by atoms with Gasteiger partial charge >= 0.3 is 16.8 Å². The molecule has 0 spiro atoms. The molecule has 0 aliphatic rings. The molecule has 1 aromatic heterocycles. The number of aromatic nitrogens is 2. The Kier molecular flexibility index (Phi) is 6.42. The minimum atomic E-state index is -4.69. The predicted octanol–water partition coefficient (Wildman–Crippen LogP) is 3.66. The van der Waals surface area contributed by atoms with E-state index in [0.717, 1.165) is 23.9 Å². The average Bonchev–Trinajstić information content (AvgIpc) is 3.07. The Morgan fingerprint density at radius 1 is 1.27 bits per heavy atom. The highest BCUT2D eigenvalue weighted by atomic mass is 35.5. The number of thioether (sulfide) groups is 1. The van der Waals surface area contributed by atoms with Crippen LogP contribution in [0.2, 0.25) is 5.02 Å². The molecule has 0 atom stereocenters. The highest BCUT2D eigenvalue weighted by Crippen LogP contribution is 2.36. The number of nitrogens with zero attached hydrogens (tertiary/aromatic N) is 1. The number of ether oxygens (including phenoxy) is 1. The van der Waals surface area contributed by atoms with Gasteiger partial charge in [-0.3, -0.25) is 9.32 Å². The Bertz CT molecular complexity index is 1110. The molecule has 2 aromatic carbocycles. The molecule has 0 saturated carbocycles. The topological polar surface area (TPSA) is 88.2 Å². The second-order valence-corrected chi connectivity index (χ2v) is 7.24. The van der Waals surface area contributed by atoms with E-state index in [4.69, 9.17) is 20.9 Å². The fraction of sp³-hybridized carbons (Fsp3) is 0.167. The molecule has 7 nitrogen and oxygen atoms in total. The van der Waals surface area contributed by atoms with Gasteiger partial charge < -0.3 is 10.1 Å². The summed E-state index contributed by atoms with van der Waals surface area (Å²) in [6.07, 6.45) is -4.69. The standard InChI is InChI=1S/C18H13ClF3N3O4S/c1-28-12-5-3-11(4-6-12)25-16(17(27)29-24-25)30-9-15(26)23-14-7-2-10(19)8-13(14)18(20,21)22/h2-8H,9H2,1H3,(H-,23,24,26,27)/p+1. The molecule has 0 bridgehead atoms. The smallest absolute Gasteiger partial charge is 0.442 e. The van der Waals surface area contributed by atoms with Crippen LogP contribution in [0.15, 0.2) is 56.8 Å². The number of amides is 1. The summed E-state index contributed by atoms with van der Waals surface area (Å²) in [5.41, 5.74) is -1.70. The molecule has 3 aromatic rings. The van der Waals surface area contributed by atoms with Crippen molar-refractivity contribution in [2.45, 2.75) is 11.2 Å². The number of anilines is 1. The van der Waals surface area contributed by atoms with Crippen LogP contribution in [0.3, 0.4) is 0 Å². The molecule has 2 N–H and O–H groups in total. The number of nitrogens with one attached hydrogen (secondary N) is 2. The summed E-state index contributed by atoms with van der Waals surface area (Å²) in [5, 5.41) is 4.54. The van der Waals surface area contributed by atoms with Crippen LogP contribution in [-0.4, -0.2) is 24.0 Å². The first-order valence-electron chi connectivity index (χ1n) is 8.26. The number of hydrogen-bond donors (Lipinski definition) is 2. The predicted molar refractivity (Wildman–Crippen MR) is 103 cm³/mol. The molecule has 0 aliphatic heterocycles. The van der Waals surface area contributed by atoms with Crippen molar-refractivity contribution in [1.29, 1.82) is 0 Å². The molecule has 158 valence electrons. The lowest BCUT2D eigenvalue weighted by Gasteiger charge is -2.13. The van der Waals surface area contributed by atoms with Crippen molar-refractivity contribution < 1.29 is 31.9 Å². The zero-order chi connectivity index (χ0) is 21.9. The number of alkyl halides is 3. The number of rotatable bonds is 6. The molecule has 0 aliphatic carbocycles. The fourth-order valence-corrected chi connectivity index (χ4v) is 3.41. The minimum absolute atomic E-state index is 0.0440. The van der Waals surface area contributed by atoms with E-state index in [1.807, 2.05) is 0 Å². The van der Waals surface area contributed by atoms with Crippen LogP contribution in [-0.2, 0) is 11.0 Å². The van der Waals surface area contributed by atoms with Gasteiger partial charge in [0.05, 0.1) is 24.1 Å². The summed E-state index contributed by atoms with van der Waals surface area (Å²) in [5.74, 6) is -0.476. The number of carbonyl (C=O) groups excluding carboxylic acids is 1. The van der Waals surface area contributed by atoms with E-state index in [-0.39, 0.29) is 15.8 Å².